The number of hydrogen-bond acceptors (Lipinski definition) is 6. The Balaban J connectivity index is 1.66. The zero-order chi connectivity index (χ0) is 19.3. The van der Waals surface area contributed by atoms with Crippen LogP contribution in [0.1, 0.15) is 30.9 Å². The predicted molar refractivity (Wildman–Crippen MR) is 104 cm³/mol. The van der Waals surface area contributed by atoms with Crippen molar-refractivity contribution in [1.29, 1.82) is 0 Å². The molecule has 0 aliphatic carbocycles. The minimum Gasteiger partial charge on any atom is -0.497 e. The van der Waals surface area contributed by atoms with Gasteiger partial charge in [-0.25, -0.2) is 14.7 Å². The summed E-state index contributed by atoms with van der Waals surface area (Å²) in [4.78, 5) is 9.36. The Kier molecular flexibility index (Phi) is 3.78. The number of aliphatic imine (C=N–C) groups is 1. The molecule has 0 bridgehead atoms. The van der Waals surface area contributed by atoms with E-state index in [2.05, 4.69) is 39.8 Å². The standard InChI is InChI=1S/C20H20N6O2/c1-12(2)6-13-10-28-20(23-13)19-18-7-14-9-22-24-26(14)17-8-15(27-3)4-5-16(17)25(18)11-21-19/h4-6,8-9,11,13H,7,10H2,1-3H3. The Morgan fingerprint density at radius 2 is 2.18 bits per heavy atom. The van der Waals surface area contributed by atoms with E-state index in [-0.39, 0.29) is 6.04 Å². The van der Waals surface area contributed by atoms with Crippen molar-refractivity contribution in [2.45, 2.75) is 26.3 Å². The summed E-state index contributed by atoms with van der Waals surface area (Å²) < 4.78 is 15.2. The Hall–Kier alpha value is -3.42. The lowest BCUT2D eigenvalue weighted by Crippen LogP contribution is -2.08. The fourth-order valence-corrected chi connectivity index (χ4v) is 3.67. The van der Waals surface area contributed by atoms with Crippen molar-refractivity contribution in [1.82, 2.24) is 24.5 Å². The maximum absolute atomic E-state index is 5.88. The fourth-order valence-electron chi connectivity index (χ4n) is 3.67. The molecule has 142 valence electrons. The van der Waals surface area contributed by atoms with Crippen LogP contribution in [0.15, 0.2) is 47.4 Å². The second-order valence-corrected chi connectivity index (χ2v) is 7.14. The number of methoxy groups -OCH3 is 1. The number of allylic oxidation sites excluding steroid dienone is 1. The number of imidazole rings is 1. The molecule has 2 aliphatic heterocycles. The molecule has 4 heterocycles. The number of nitrogens with zero attached hydrogens (tertiary/aromatic N) is 6. The van der Waals surface area contributed by atoms with Gasteiger partial charge in [0.2, 0.25) is 5.90 Å². The van der Waals surface area contributed by atoms with E-state index < -0.39 is 0 Å². The molecule has 0 N–H and O–H groups in total. The molecular formula is C20H20N6O2. The van der Waals surface area contributed by atoms with Crippen molar-refractivity contribution in [2.75, 3.05) is 13.7 Å². The van der Waals surface area contributed by atoms with Crippen LogP contribution in [0.25, 0.3) is 11.4 Å². The lowest BCUT2D eigenvalue weighted by atomic mass is 10.2. The highest BCUT2D eigenvalue weighted by atomic mass is 16.5. The Bertz CT molecular complexity index is 1120. The molecule has 1 aromatic carbocycles. The first-order valence-corrected chi connectivity index (χ1v) is 9.14. The largest absolute Gasteiger partial charge is 0.497 e. The first-order valence-electron chi connectivity index (χ1n) is 9.14. The summed E-state index contributed by atoms with van der Waals surface area (Å²) in [6.07, 6.45) is 6.33. The number of rotatable bonds is 3. The number of benzene rings is 1. The van der Waals surface area contributed by atoms with Crippen molar-refractivity contribution < 1.29 is 9.47 Å². The number of ether oxygens (including phenoxy) is 2. The molecule has 8 heteroatoms. The molecule has 1 unspecified atom stereocenters. The van der Waals surface area contributed by atoms with Crippen LogP contribution in [0, 0.1) is 0 Å². The first kappa shape index (κ1) is 16.7. The van der Waals surface area contributed by atoms with E-state index in [4.69, 9.17) is 14.5 Å². The molecule has 0 fully saturated rings. The molecule has 1 atom stereocenters. The van der Waals surface area contributed by atoms with E-state index in [0.29, 0.717) is 18.9 Å². The summed E-state index contributed by atoms with van der Waals surface area (Å²) in [7, 11) is 1.65. The summed E-state index contributed by atoms with van der Waals surface area (Å²) in [6, 6.07) is 5.92. The topological polar surface area (TPSA) is 79.3 Å². The zero-order valence-corrected chi connectivity index (χ0v) is 16.0. The zero-order valence-electron chi connectivity index (χ0n) is 16.0. The summed E-state index contributed by atoms with van der Waals surface area (Å²) in [5, 5.41) is 8.38. The second kappa shape index (κ2) is 6.33. The van der Waals surface area contributed by atoms with Crippen molar-refractivity contribution in [3.63, 3.8) is 0 Å². The maximum Gasteiger partial charge on any atom is 0.238 e. The highest BCUT2D eigenvalue weighted by Crippen LogP contribution is 2.31. The van der Waals surface area contributed by atoms with E-state index in [0.717, 1.165) is 34.2 Å². The summed E-state index contributed by atoms with van der Waals surface area (Å²) in [6.45, 7) is 4.67. The molecule has 0 saturated heterocycles. The van der Waals surface area contributed by atoms with Gasteiger partial charge in [0.1, 0.15) is 30.4 Å². The Labute approximate surface area is 162 Å². The maximum atomic E-state index is 5.88. The van der Waals surface area contributed by atoms with Crippen molar-refractivity contribution >= 4 is 5.90 Å². The summed E-state index contributed by atoms with van der Waals surface area (Å²) in [5.74, 6) is 1.35. The van der Waals surface area contributed by atoms with Gasteiger partial charge in [0.05, 0.1) is 36.1 Å². The first-order chi connectivity index (χ1) is 13.6. The van der Waals surface area contributed by atoms with Crippen LogP contribution < -0.4 is 4.74 Å². The molecule has 0 radical (unpaired) electrons. The van der Waals surface area contributed by atoms with Gasteiger partial charge in [0.25, 0.3) is 0 Å². The van der Waals surface area contributed by atoms with Crippen molar-refractivity contribution in [2.24, 2.45) is 4.99 Å². The highest BCUT2D eigenvalue weighted by molar-refractivity contribution is 5.95. The quantitative estimate of drug-likeness (QED) is 0.513. The predicted octanol–water partition coefficient (Wildman–Crippen LogP) is 2.48. The minimum absolute atomic E-state index is 0.0341. The van der Waals surface area contributed by atoms with Crippen LogP contribution in [0.5, 0.6) is 5.75 Å². The fraction of sp³-hybridized carbons (Fsp3) is 0.300. The molecule has 8 nitrogen and oxygen atoms in total. The lowest BCUT2D eigenvalue weighted by Gasteiger charge is -2.11. The van der Waals surface area contributed by atoms with Gasteiger partial charge in [-0.2, -0.15) is 0 Å². The number of hydrogen-bond donors (Lipinski definition) is 0. The van der Waals surface area contributed by atoms with Gasteiger partial charge in [-0.3, -0.25) is 4.57 Å². The van der Waals surface area contributed by atoms with Gasteiger partial charge in [0.15, 0.2) is 0 Å². The van der Waals surface area contributed by atoms with Crippen LogP contribution in [0.4, 0.5) is 0 Å². The smallest absolute Gasteiger partial charge is 0.238 e. The molecule has 3 aromatic rings. The third-order valence-corrected chi connectivity index (χ3v) is 4.91. The van der Waals surface area contributed by atoms with Gasteiger partial charge < -0.3 is 9.47 Å². The monoisotopic (exact) mass is 376 g/mol. The Morgan fingerprint density at radius 1 is 1.29 bits per heavy atom. The van der Waals surface area contributed by atoms with Gasteiger partial charge in [-0.15, -0.1) is 5.10 Å². The van der Waals surface area contributed by atoms with E-state index in [1.807, 2.05) is 29.2 Å². The minimum atomic E-state index is 0.0341. The summed E-state index contributed by atoms with van der Waals surface area (Å²) in [5.41, 5.74) is 5.81. The number of fused-ring (bicyclic) bond motifs is 5. The van der Waals surface area contributed by atoms with Crippen LogP contribution in [0.3, 0.4) is 0 Å². The average molecular weight is 376 g/mol. The number of aromatic nitrogens is 5. The molecule has 28 heavy (non-hydrogen) atoms. The van der Waals surface area contributed by atoms with Crippen molar-refractivity contribution in [3.05, 3.63) is 59.5 Å². The molecule has 0 spiro atoms. The van der Waals surface area contributed by atoms with Crippen LogP contribution >= 0.6 is 0 Å². The molecule has 2 aliphatic rings. The van der Waals surface area contributed by atoms with E-state index in [9.17, 15) is 0 Å². The second-order valence-electron chi connectivity index (χ2n) is 7.14. The molecule has 5 rings (SSSR count). The van der Waals surface area contributed by atoms with Gasteiger partial charge in [-0.05, 0) is 26.0 Å². The van der Waals surface area contributed by atoms with Crippen LogP contribution in [-0.4, -0.2) is 50.2 Å². The van der Waals surface area contributed by atoms with Gasteiger partial charge in [0, 0.05) is 12.5 Å². The third kappa shape index (κ3) is 2.60. The normalized spacial score (nSPS) is 17.0. The van der Waals surface area contributed by atoms with Gasteiger partial charge >= 0.3 is 0 Å². The average Bonchev–Trinajstić information content (AvgIpc) is 3.40. The lowest BCUT2D eigenvalue weighted by molar-refractivity contribution is 0.331. The summed E-state index contributed by atoms with van der Waals surface area (Å²) >= 11 is 0. The van der Waals surface area contributed by atoms with Crippen LogP contribution in [-0.2, 0) is 11.2 Å². The van der Waals surface area contributed by atoms with E-state index >= 15 is 0 Å². The third-order valence-electron chi connectivity index (χ3n) is 4.91. The Morgan fingerprint density at radius 3 is 3.00 bits per heavy atom. The highest BCUT2D eigenvalue weighted by Gasteiger charge is 2.28. The molecule has 0 saturated carbocycles. The van der Waals surface area contributed by atoms with Crippen LogP contribution in [0.2, 0.25) is 0 Å². The van der Waals surface area contributed by atoms with E-state index in [1.54, 1.807) is 13.3 Å². The van der Waals surface area contributed by atoms with Gasteiger partial charge in [-0.1, -0.05) is 16.9 Å². The molecular weight excluding hydrogens is 356 g/mol. The SMILES string of the molecule is COc1ccc2c(c1)-n1nncc1Cc1c(C3=NC(C=C(C)C)CO3)ncn1-2. The van der Waals surface area contributed by atoms with E-state index in [1.165, 1.54) is 5.57 Å². The molecule has 0 amide bonds. The molecule has 2 aromatic heterocycles. The van der Waals surface area contributed by atoms with Crippen molar-refractivity contribution in [3.8, 4) is 17.1 Å².